The average Bonchev–Trinajstić information content (AvgIpc) is 2.48. The summed E-state index contributed by atoms with van der Waals surface area (Å²) in [6, 6.07) is 15.0. The van der Waals surface area contributed by atoms with Crippen molar-refractivity contribution in [2.75, 3.05) is 0 Å². The quantitative estimate of drug-likeness (QED) is 0.910. The van der Waals surface area contributed by atoms with E-state index in [1.54, 1.807) is 0 Å². The Morgan fingerprint density at radius 1 is 1.05 bits per heavy atom. The Kier molecular flexibility index (Phi) is 4.87. The summed E-state index contributed by atoms with van der Waals surface area (Å²) in [6.45, 7) is -0.996. The summed E-state index contributed by atoms with van der Waals surface area (Å²) in [5.74, 6) is -0.243. The number of nitrogens with one attached hydrogen (secondary N) is 1. The minimum Gasteiger partial charge on any atom is -0.435 e. The second kappa shape index (κ2) is 6.83. The van der Waals surface area contributed by atoms with Crippen LogP contribution in [-0.2, 0) is 0 Å². The van der Waals surface area contributed by atoms with E-state index in [1.165, 1.54) is 24.3 Å². The molecular formula is C16H15F2NO2. The van der Waals surface area contributed by atoms with Gasteiger partial charge in [-0.05, 0) is 36.8 Å². The number of amides is 1. The smallest absolute Gasteiger partial charge is 0.387 e. The van der Waals surface area contributed by atoms with Crippen molar-refractivity contribution in [1.29, 1.82) is 0 Å². The van der Waals surface area contributed by atoms with E-state index in [-0.39, 0.29) is 17.7 Å². The molecule has 0 aromatic heterocycles. The summed E-state index contributed by atoms with van der Waals surface area (Å²) in [5, 5.41) is 2.84. The topological polar surface area (TPSA) is 38.3 Å². The molecule has 3 nitrogen and oxygen atoms in total. The molecule has 0 saturated heterocycles. The van der Waals surface area contributed by atoms with E-state index in [1.807, 2.05) is 37.3 Å². The first-order chi connectivity index (χ1) is 10.1. The van der Waals surface area contributed by atoms with Crippen LogP contribution in [-0.4, -0.2) is 12.5 Å². The molecule has 0 unspecified atom stereocenters. The molecule has 0 spiro atoms. The molecule has 2 aromatic carbocycles. The minimum atomic E-state index is -2.87. The van der Waals surface area contributed by atoms with Gasteiger partial charge < -0.3 is 10.1 Å². The lowest BCUT2D eigenvalue weighted by molar-refractivity contribution is -0.0498. The van der Waals surface area contributed by atoms with E-state index in [2.05, 4.69) is 10.1 Å². The second-order valence-corrected chi connectivity index (χ2v) is 4.51. The van der Waals surface area contributed by atoms with Crippen LogP contribution in [0.5, 0.6) is 5.75 Å². The van der Waals surface area contributed by atoms with Gasteiger partial charge in [-0.1, -0.05) is 30.3 Å². The third-order valence-corrected chi connectivity index (χ3v) is 2.99. The monoisotopic (exact) mass is 291 g/mol. The van der Waals surface area contributed by atoms with Crippen LogP contribution in [0.1, 0.15) is 28.9 Å². The molecule has 0 radical (unpaired) electrons. The largest absolute Gasteiger partial charge is 0.435 e. The lowest BCUT2D eigenvalue weighted by Gasteiger charge is -2.14. The Morgan fingerprint density at radius 2 is 1.67 bits per heavy atom. The van der Waals surface area contributed by atoms with Gasteiger partial charge in [-0.2, -0.15) is 8.78 Å². The normalized spacial score (nSPS) is 12.0. The molecule has 0 aliphatic rings. The molecule has 0 saturated carbocycles. The van der Waals surface area contributed by atoms with Crippen LogP contribution in [0.15, 0.2) is 54.6 Å². The zero-order chi connectivity index (χ0) is 15.2. The highest BCUT2D eigenvalue weighted by Crippen LogP contribution is 2.16. The molecular weight excluding hydrogens is 276 g/mol. The van der Waals surface area contributed by atoms with Gasteiger partial charge >= 0.3 is 6.61 Å². The van der Waals surface area contributed by atoms with Crippen molar-refractivity contribution in [3.63, 3.8) is 0 Å². The van der Waals surface area contributed by atoms with E-state index < -0.39 is 6.61 Å². The fourth-order valence-electron chi connectivity index (χ4n) is 1.89. The van der Waals surface area contributed by atoms with E-state index in [0.717, 1.165) is 5.56 Å². The van der Waals surface area contributed by atoms with Gasteiger partial charge in [0.25, 0.3) is 5.91 Å². The zero-order valence-electron chi connectivity index (χ0n) is 11.4. The van der Waals surface area contributed by atoms with Crippen molar-refractivity contribution >= 4 is 5.91 Å². The van der Waals surface area contributed by atoms with Crippen LogP contribution in [0.25, 0.3) is 0 Å². The van der Waals surface area contributed by atoms with Crippen LogP contribution in [0, 0.1) is 0 Å². The summed E-state index contributed by atoms with van der Waals surface area (Å²) in [5.41, 5.74) is 1.38. The van der Waals surface area contributed by atoms with Crippen molar-refractivity contribution in [2.45, 2.75) is 19.6 Å². The van der Waals surface area contributed by atoms with Crippen molar-refractivity contribution in [3.05, 3.63) is 65.7 Å². The Hall–Kier alpha value is -2.43. The Labute approximate surface area is 121 Å². The summed E-state index contributed by atoms with van der Waals surface area (Å²) >= 11 is 0. The van der Waals surface area contributed by atoms with Gasteiger partial charge in [-0.3, -0.25) is 4.79 Å². The summed E-state index contributed by atoms with van der Waals surface area (Å²) in [4.78, 5) is 12.1. The zero-order valence-corrected chi connectivity index (χ0v) is 11.4. The van der Waals surface area contributed by atoms with Gasteiger partial charge in [-0.25, -0.2) is 0 Å². The van der Waals surface area contributed by atoms with Gasteiger partial charge in [0, 0.05) is 5.56 Å². The highest BCUT2D eigenvalue weighted by atomic mass is 19.3. The van der Waals surface area contributed by atoms with E-state index in [4.69, 9.17) is 0 Å². The van der Waals surface area contributed by atoms with Crippen LogP contribution < -0.4 is 10.1 Å². The SMILES string of the molecule is C[C@H](NC(=O)c1ccc(OC(F)F)cc1)c1ccccc1. The Morgan fingerprint density at radius 3 is 2.24 bits per heavy atom. The van der Waals surface area contributed by atoms with Crippen LogP contribution in [0.4, 0.5) is 8.78 Å². The number of alkyl halides is 2. The second-order valence-electron chi connectivity index (χ2n) is 4.51. The van der Waals surface area contributed by atoms with Crippen LogP contribution in [0.2, 0.25) is 0 Å². The van der Waals surface area contributed by atoms with Gasteiger partial charge in [0.15, 0.2) is 0 Å². The third-order valence-electron chi connectivity index (χ3n) is 2.99. The number of hydrogen-bond acceptors (Lipinski definition) is 2. The first kappa shape index (κ1) is 15.0. The maximum atomic E-state index is 12.1. The number of carbonyl (C=O) groups excluding carboxylic acids is 1. The summed E-state index contributed by atoms with van der Waals surface area (Å²) < 4.78 is 28.3. The first-order valence-electron chi connectivity index (χ1n) is 6.47. The van der Waals surface area contributed by atoms with Crippen LogP contribution >= 0.6 is 0 Å². The van der Waals surface area contributed by atoms with Gasteiger partial charge in [-0.15, -0.1) is 0 Å². The van der Waals surface area contributed by atoms with E-state index >= 15 is 0 Å². The Bertz CT molecular complexity index is 585. The first-order valence-corrected chi connectivity index (χ1v) is 6.47. The number of carbonyl (C=O) groups is 1. The number of benzene rings is 2. The molecule has 21 heavy (non-hydrogen) atoms. The predicted octanol–water partition coefficient (Wildman–Crippen LogP) is 3.78. The maximum Gasteiger partial charge on any atom is 0.387 e. The molecule has 0 aliphatic heterocycles. The van der Waals surface area contributed by atoms with Crippen molar-refractivity contribution in [2.24, 2.45) is 0 Å². The molecule has 1 N–H and O–H groups in total. The van der Waals surface area contributed by atoms with Crippen molar-refractivity contribution in [3.8, 4) is 5.75 Å². The Balaban J connectivity index is 2.00. The lowest BCUT2D eigenvalue weighted by Crippen LogP contribution is -2.26. The highest BCUT2D eigenvalue weighted by molar-refractivity contribution is 5.94. The van der Waals surface area contributed by atoms with E-state index in [9.17, 15) is 13.6 Å². The highest BCUT2D eigenvalue weighted by Gasteiger charge is 2.11. The predicted molar refractivity (Wildman–Crippen MR) is 75.4 cm³/mol. The third kappa shape index (κ3) is 4.27. The molecule has 1 amide bonds. The molecule has 0 bridgehead atoms. The number of rotatable bonds is 5. The average molecular weight is 291 g/mol. The molecule has 0 heterocycles. The molecule has 0 aliphatic carbocycles. The lowest BCUT2D eigenvalue weighted by atomic mass is 10.1. The molecule has 110 valence electrons. The number of hydrogen-bond donors (Lipinski definition) is 1. The number of halogens is 2. The standard InChI is InChI=1S/C16H15F2NO2/c1-11(12-5-3-2-4-6-12)19-15(20)13-7-9-14(10-8-13)21-16(17)18/h2-11,16H,1H3,(H,19,20)/t11-/m0/s1. The molecule has 2 aromatic rings. The maximum absolute atomic E-state index is 12.1. The summed E-state index contributed by atoms with van der Waals surface area (Å²) in [7, 11) is 0. The molecule has 1 atom stereocenters. The number of ether oxygens (including phenoxy) is 1. The van der Waals surface area contributed by atoms with Crippen molar-refractivity contribution in [1.82, 2.24) is 5.32 Å². The van der Waals surface area contributed by atoms with Crippen LogP contribution in [0.3, 0.4) is 0 Å². The fraction of sp³-hybridized carbons (Fsp3) is 0.188. The van der Waals surface area contributed by atoms with E-state index in [0.29, 0.717) is 5.56 Å². The molecule has 2 rings (SSSR count). The molecule has 5 heteroatoms. The van der Waals surface area contributed by atoms with Gasteiger partial charge in [0.2, 0.25) is 0 Å². The van der Waals surface area contributed by atoms with Crippen molar-refractivity contribution < 1.29 is 18.3 Å². The minimum absolute atomic E-state index is 0.0256. The van der Waals surface area contributed by atoms with Gasteiger partial charge in [0.1, 0.15) is 5.75 Å². The summed E-state index contributed by atoms with van der Waals surface area (Å²) in [6.07, 6.45) is 0. The van der Waals surface area contributed by atoms with Gasteiger partial charge in [0.05, 0.1) is 6.04 Å². The fourth-order valence-corrected chi connectivity index (χ4v) is 1.89. The molecule has 0 fully saturated rings.